The predicted octanol–water partition coefficient (Wildman–Crippen LogP) is 1.37. The molecule has 6 heteroatoms. The third-order valence-corrected chi connectivity index (χ3v) is 2.84. The van der Waals surface area contributed by atoms with E-state index in [0.29, 0.717) is 11.3 Å². The molecule has 1 aromatic rings. The second kappa shape index (κ2) is 6.18. The summed E-state index contributed by atoms with van der Waals surface area (Å²) in [5.74, 6) is -4.21. The van der Waals surface area contributed by atoms with Crippen LogP contribution < -0.4 is 4.74 Å². The van der Waals surface area contributed by atoms with Crippen molar-refractivity contribution in [1.29, 1.82) is 5.26 Å². The lowest BCUT2D eigenvalue weighted by molar-refractivity contribution is -0.241. The molecule has 0 aromatic heterocycles. The van der Waals surface area contributed by atoms with Crippen molar-refractivity contribution in [3.63, 3.8) is 0 Å². The molecule has 6 nitrogen and oxygen atoms in total. The van der Waals surface area contributed by atoms with E-state index in [9.17, 15) is 9.90 Å². The molecule has 0 radical (unpaired) electrons. The number of rotatable bonds is 6. The van der Waals surface area contributed by atoms with Gasteiger partial charge in [-0.25, -0.2) is 0 Å². The Morgan fingerprint density at radius 1 is 1.32 bits per heavy atom. The summed E-state index contributed by atoms with van der Waals surface area (Å²) in [6.45, 7) is 0. The van der Waals surface area contributed by atoms with Crippen molar-refractivity contribution in [3.05, 3.63) is 29.8 Å². The number of nitriles is 1. The van der Waals surface area contributed by atoms with Crippen molar-refractivity contribution in [3.8, 4) is 11.8 Å². The summed E-state index contributed by atoms with van der Waals surface area (Å²) in [7, 11) is 4.00. The first-order valence-corrected chi connectivity index (χ1v) is 5.43. The Bertz CT molecular complexity index is 490. The maximum Gasteiger partial charge on any atom is 0.326 e. The minimum Gasteiger partial charge on any atom is -0.496 e. The van der Waals surface area contributed by atoms with Crippen LogP contribution in [0.3, 0.4) is 0 Å². The minimum atomic E-state index is -1.73. The zero-order chi connectivity index (χ0) is 14.5. The van der Waals surface area contributed by atoms with Crippen LogP contribution in [0.15, 0.2) is 24.3 Å². The first-order valence-electron chi connectivity index (χ1n) is 5.43. The average molecular weight is 265 g/mol. The van der Waals surface area contributed by atoms with E-state index >= 15 is 0 Å². The Morgan fingerprint density at radius 3 is 2.32 bits per heavy atom. The van der Waals surface area contributed by atoms with E-state index < -0.39 is 17.7 Å². The molecular formula is C13H15NO5. The second-order valence-corrected chi connectivity index (χ2v) is 3.68. The van der Waals surface area contributed by atoms with Crippen LogP contribution in [-0.2, 0) is 20.1 Å². The lowest BCUT2D eigenvalue weighted by atomic mass is 9.91. The molecule has 0 spiro atoms. The normalized spacial score (nSPS) is 12.5. The fraction of sp³-hybridized carbons (Fsp3) is 0.385. The number of methoxy groups -OCH3 is 3. The third-order valence-electron chi connectivity index (χ3n) is 2.84. The van der Waals surface area contributed by atoms with Crippen LogP contribution >= 0.6 is 0 Å². The Labute approximate surface area is 111 Å². The number of benzene rings is 1. The average Bonchev–Trinajstić information content (AvgIpc) is 2.44. The van der Waals surface area contributed by atoms with Gasteiger partial charge in [0.25, 0.3) is 0 Å². The van der Waals surface area contributed by atoms with Crippen molar-refractivity contribution in [2.24, 2.45) is 5.92 Å². The van der Waals surface area contributed by atoms with E-state index in [1.165, 1.54) is 21.3 Å². The monoisotopic (exact) mass is 265 g/mol. The molecule has 0 amide bonds. The van der Waals surface area contributed by atoms with Gasteiger partial charge in [0.2, 0.25) is 11.7 Å². The van der Waals surface area contributed by atoms with Crippen molar-refractivity contribution < 1.29 is 24.1 Å². The fourth-order valence-corrected chi connectivity index (χ4v) is 1.93. The molecule has 1 N–H and O–H groups in total. The van der Waals surface area contributed by atoms with Gasteiger partial charge in [-0.15, -0.1) is 0 Å². The number of carbonyl (C=O) groups is 1. The van der Waals surface area contributed by atoms with Gasteiger partial charge in [-0.05, 0) is 12.1 Å². The standard InChI is InChI=1S/C13H15NO5/c1-17-11-7-5-4-6-9(11)13(18-2,19-3)10(8-14)12(15)16/h4-7,10H,1-3H3,(H,15,16). The quantitative estimate of drug-likeness (QED) is 0.781. The topological polar surface area (TPSA) is 88.8 Å². The number of ether oxygens (including phenoxy) is 3. The van der Waals surface area contributed by atoms with Gasteiger partial charge in [-0.2, -0.15) is 5.26 Å². The van der Waals surface area contributed by atoms with E-state index in [1.807, 2.05) is 0 Å². The molecular weight excluding hydrogens is 250 g/mol. The van der Waals surface area contributed by atoms with Crippen LogP contribution in [0.25, 0.3) is 0 Å². The van der Waals surface area contributed by atoms with E-state index in [0.717, 1.165) is 0 Å². The molecule has 102 valence electrons. The first kappa shape index (κ1) is 15.0. The van der Waals surface area contributed by atoms with Crippen LogP contribution in [-0.4, -0.2) is 32.4 Å². The number of hydrogen-bond donors (Lipinski definition) is 1. The second-order valence-electron chi connectivity index (χ2n) is 3.68. The number of carboxylic acids is 1. The lowest BCUT2D eigenvalue weighted by Crippen LogP contribution is -2.43. The van der Waals surface area contributed by atoms with Crippen LogP contribution in [0, 0.1) is 17.2 Å². The summed E-state index contributed by atoms with van der Waals surface area (Å²) in [6.07, 6.45) is 0. The molecule has 1 rings (SSSR count). The number of para-hydroxylation sites is 1. The largest absolute Gasteiger partial charge is 0.496 e. The number of nitrogens with zero attached hydrogens (tertiary/aromatic N) is 1. The Balaban J connectivity index is 3.49. The van der Waals surface area contributed by atoms with E-state index in [4.69, 9.17) is 19.5 Å². The van der Waals surface area contributed by atoms with Gasteiger partial charge in [0.15, 0.2) is 0 Å². The molecule has 0 saturated carbocycles. The highest BCUT2D eigenvalue weighted by Gasteiger charge is 2.48. The molecule has 1 unspecified atom stereocenters. The number of aliphatic carboxylic acids is 1. The molecule has 19 heavy (non-hydrogen) atoms. The van der Waals surface area contributed by atoms with Crippen LogP contribution in [0.2, 0.25) is 0 Å². The van der Waals surface area contributed by atoms with E-state index in [1.54, 1.807) is 30.3 Å². The van der Waals surface area contributed by atoms with E-state index in [-0.39, 0.29) is 0 Å². The maximum atomic E-state index is 11.2. The van der Waals surface area contributed by atoms with Gasteiger partial charge < -0.3 is 19.3 Å². The van der Waals surface area contributed by atoms with E-state index in [2.05, 4.69) is 0 Å². The molecule has 0 saturated heterocycles. The zero-order valence-corrected chi connectivity index (χ0v) is 10.9. The molecule has 1 atom stereocenters. The Morgan fingerprint density at radius 2 is 1.89 bits per heavy atom. The highest BCUT2D eigenvalue weighted by Crippen LogP contribution is 2.39. The molecule has 0 heterocycles. The fourth-order valence-electron chi connectivity index (χ4n) is 1.93. The lowest BCUT2D eigenvalue weighted by Gasteiger charge is -2.33. The first-order chi connectivity index (χ1) is 9.07. The summed E-state index contributed by atoms with van der Waals surface area (Å²) in [5.41, 5.74) is 0.344. The predicted molar refractivity (Wildman–Crippen MR) is 65.4 cm³/mol. The SMILES string of the molecule is COc1ccccc1C(OC)(OC)C(C#N)C(=O)O. The number of hydrogen-bond acceptors (Lipinski definition) is 5. The summed E-state index contributed by atoms with van der Waals surface area (Å²) in [5, 5.41) is 18.3. The molecule has 0 aliphatic carbocycles. The smallest absolute Gasteiger partial charge is 0.326 e. The van der Waals surface area contributed by atoms with Gasteiger partial charge in [0.05, 0.1) is 18.7 Å². The summed E-state index contributed by atoms with van der Waals surface area (Å²) < 4.78 is 15.6. The van der Waals surface area contributed by atoms with Crippen molar-refractivity contribution in [2.75, 3.05) is 21.3 Å². The van der Waals surface area contributed by atoms with Crippen molar-refractivity contribution >= 4 is 5.97 Å². The van der Waals surface area contributed by atoms with Crippen LogP contribution in [0.4, 0.5) is 0 Å². The van der Waals surface area contributed by atoms with Crippen molar-refractivity contribution in [2.45, 2.75) is 5.79 Å². The van der Waals surface area contributed by atoms with Crippen LogP contribution in [0.5, 0.6) is 5.75 Å². The third kappa shape index (κ3) is 2.52. The maximum absolute atomic E-state index is 11.2. The van der Waals surface area contributed by atoms with Gasteiger partial charge in [-0.3, -0.25) is 4.79 Å². The molecule has 0 bridgehead atoms. The van der Waals surface area contributed by atoms with Gasteiger partial charge in [0.1, 0.15) is 5.75 Å². The summed E-state index contributed by atoms with van der Waals surface area (Å²) >= 11 is 0. The minimum absolute atomic E-state index is 0.344. The van der Waals surface area contributed by atoms with Crippen molar-refractivity contribution in [1.82, 2.24) is 0 Å². The van der Waals surface area contributed by atoms with Gasteiger partial charge >= 0.3 is 5.97 Å². The van der Waals surface area contributed by atoms with Crippen LogP contribution in [0.1, 0.15) is 5.56 Å². The molecule has 0 aliphatic heterocycles. The highest BCUT2D eigenvalue weighted by molar-refractivity contribution is 5.75. The zero-order valence-electron chi connectivity index (χ0n) is 10.9. The Hall–Kier alpha value is -2.10. The molecule has 0 aliphatic rings. The highest BCUT2D eigenvalue weighted by atomic mass is 16.7. The van der Waals surface area contributed by atoms with Gasteiger partial charge in [0, 0.05) is 14.2 Å². The Kier molecular flexibility index (Phi) is 4.87. The summed E-state index contributed by atoms with van der Waals surface area (Å²) in [4.78, 5) is 11.2. The molecule has 0 fully saturated rings. The van der Waals surface area contributed by atoms with Gasteiger partial charge in [-0.1, -0.05) is 12.1 Å². The number of carboxylic acid groups (broad SMARTS) is 1. The molecule has 1 aromatic carbocycles. The summed E-state index contributed by atoms with van der Waals surface area (Å²) in [6, 6.07) is 8.33.